The quantitative estimate of drug-likeness (QED) is 0.861. The lowest BCUT2D eigenvalue weighted by Gasteiger charge is -2.00. The fourth-order valence-corrected chi connectivity index (χ4v) is 1.28. The van der Waals surface area contributed by atoms with Crippen LogP contribution in [0.3, 0.4) is 0 Å². The Balaban J connectivity index is 0. The summed E-state index contributed by atoms with van der Waals surface area (Å²) in [5.74, 6) is 0. The number of nitrogens with one attached hydrogen (secondary N) is 1. The normalized spacial score (nSPS) is 10.4. The molecule has 1 aromatic rings. The van der Waals surface area contributed by atoms with Gasteiger partial charge in [0.25, 0.3) is 0 Å². The molecule has 6 nitrogen and oxygen atoms in total. The summed E-state index contributed by atoms with van der Waals surface area (Å²) in [6.07, 6.45) is 1.12. The van der Waals surface area contributed by atoms with Crippen molar-refractivity contribution >= 4 is 26.2 Å². The lowest BCUT2D eigenvalue weighted by molar-refractivity contribution is 0.362. The first-order valence-electron chi connectivity index (χ1n) is 5.17. The highest BCUT2D eigenvalue weighted by atomic mass is 32.3. The number of hydrogen-bond donors (Lipinski definition) is 1. The molecule has 1 aromatic carbocycles. The van der Waals surface area contributed by atoms with Gasteiger partial charge in [0.15, 0.2) is 0 Å². The number of para-hydroxylation sites is 1. The molecule has 0 saturated heterocycles. The van der Waals surface area contributed by atoms with Gasteiger partial charge in [-0.1, -0.05) is 35.9 Å². The molecule has 0 spiro atoms. The minimum atomic E-state index is -4.66. The average molecular weight is 315 g/mol. The van der Waals surface area contributed by atoms with Crippen molar-refractivity contribution in [3.8, 4) is 0 Å². The van der Waals surface area contributed by atoms with Gasteiger partial charge in [-0.3, -0.25) is 4.72 Å². The summed E-state index contributed by atoms with van der Waals surface area (Å²) in [6.45, 7) is 4.00. The van der Waals surface area contributed by atoms with Crippen molar-refractivity contribution < 1.29 is 24.9 Å². The molecule has 112 valence electrons. The maximum Gasteiger partial charge on any atom is 0.437 e. The number of sulfonamides is 1. The van der Waals surface area contributed by atoms with E-state index in [0.29, 0.717) is 5.69 Å². The van der Waals surface area contributed by atoms with E-state index in [1.807, 2.05) is 19.9 Å². The van der Waals surface area contributed by atoms with Crippen LogP contribution in [0.15, 0.2) is 30.3 Å². The third-order valence-corrected chi connectivity index (χ3v) is 2.28. The van der Waals surface area contributed by atoms with Crippen molar-refractivity contribution in [3.63, 3.8) is 0 Å². The Morgan fingerprint density at radius 1 is 1.05 bits per heavy atom. The van der Waals surface area contributed by atoms with Crippen LogP contribution in [0, 0.1) is 0 Å². The molecule has 9 heteroatoms. The van der Waals surface area contributed by atoms with Crippen molar-refractivity contribution in [2.24, 2.45) is 0 Å². The molecule has 0 aliphatic carbocycles. The zero-order chi connectivity index (χ0) is 15.5. The molecule has 0 aromatic heterocycles. The van der Waals surface area contributed by atoms with E-state index >= 15 is 0 Å². The van der Waals surface area contributed by atoms with Crippen LogP contribution in [0.2, 0.25) is 0 Å². The van der Waals surface area contributed by atoms with Gasteiger partial charge in [0.1, 0.15) is 0 Å². The maximum absolute atomic E-state index is 10.9. The van der Waals surface area contributed by atoms with Gasteiger partial charge in [0, 0.05) is 5.69 Å². The summed E-state index contributed by atoms with van der Waals surface area (Å²) in [4.78, 5) is 0. The lowest BCUT2D eigenvalue weighted by atomic mass is 10.3. The second kappa shape index (κ2) is 9.70. The first kappa shape index (κ1) is 20.1. The summed E-state index contributed by atoms with van der Waals surface area (Å²) >= 11 is 0. The molecule has 1 rings (SSSR count). The second-order valence-corrected chi connectivity index (χ2v) is 5.67. The Labute approximate surface area is 114 Å². The first-order valence-corrected chi connectivity index (χ1v) is 8.37. The van der Waals surface area contributed by atoms with Crippen LogP contribution in [0.1, 0.15) is 13.8 Å². The van der Waals surface area contributed by atoms with Crippen LogP contribution in [0.5, 0.6) is 0 Å². The molecule has 0 amide bonds. The van der Waals surface area contributed by atoms with Gasteiger partial charge >= 0.3 is 10.5 Å². The summed E-state index contributed by atoms with van der Waals surface area (Å²) < 4.78 is 56.1. The van der Waals surface area contributed by atoms with E-state index < -0.39 is 20.5 Å². The van der Waals surface area contributed by atoms with Crippen molar-refractivity contribution in [2.75, 3.05) is 18.1 Å². The third-order valence-electron chi connectivity index (χ3n) is 1.28. The highest BCUT2D eigenvalue weighted by Crippen LogP contribution is 2.05. The van der Waals surface area contributed by atoms with Gasteiger partial charge in [-0.05, 0) is 12.1 Å². The van der Waals surface area contributed by atoms with E-state index in [2.05, 4.69) is 8.91 Å². The van der Waals surface area contributed by atoms with E-state index in [9.17, 15) is 12.3 Å². The van der Waals surface area contributed by atoms with Crippen molar-refractivity contribution in [2.45, 2.75) is 13.8 Å². The monoisotopic (exact) mass is 315 g/mol. The molecule has 0 bridgehead atoms. The Bertz CT molecular complexity index is 528. The van der Waals surface area contributed by atoms with Crippen molar-refractivity contribution in [1.29, 1.82) is 0 Å². The zero-order valence-corrected chi connectivity index (χ0v) is 12.8. The molecule has 0 aliphatic heterocycles. The number of benzene rings is 1. The van der Waals surface area contributed by atoms with Crippen LogP contribution in [-0.4, -0.2) is 30.2 Å². The SMILES string of the molecule is CC.COS(=O)(=O)F.CS(=O)(=O)Nc1ccccc1. The van der Waals surface area contributed by atoms with Gasteiger partial charge < -0.3 is 0 Å². The van der Waals surface area contributed by atoms with Crippen LogP contribution in [0.4, 0.5) is 9.57 Å². The molecule has 0 heterocycles. The fourth-order valence-electron chi connectivity index (χ4n) is 0.720. The highest BCUT2D eigenvalue weighted by molar-refractivity contribution is 7.92. The summed E-state index contributed by atoms with van der Waals surface area (Å²) in [5, 5.41) is 0. The number of hydrogen-bond acceptors (Lipinski definition) is 5. The average Bonchev–Trinajstić information content (AvgIpc) is 2.31. The predicted octanol–water partition coefficient (Wildman–Crippen LogP) is 1.93. The van der Waals surface area contributed by atoms with E-state index in [1.165, 1.54) is 0 Å². The molecule has 19 heavy (non-hydrogen) atoms. The zero-order valence-electron chi connectivity index (χ0n) is 11.1. The Morgan fingerprint density at radius 2 is 1.42 bits per heavy atom. The van der Waals surface area contributed by atoms with Crippen LogP contribution < -0.4 is 4.72 Å². The van der Waals surface area contributed by atoms with Crippen LogP contribution in [-0.2, 0) is 24.7 Å². The van der Waals surface area contributed by atoms with Gasteiger partial charge in [-0.25, -0.2) is 12.6 Å². The van der Waals surface area contributed by atoms with Crippen LogP contribution in [0.25, 0.3) is 0 Å². The smallest absolute Gasteiger partial charge is 0.284 e. The minimum Gasteiger partial charge on any atom is -0.284 e. The summed E-state index contributed by atoms with van der Waals surface area (Å²) in [5.41, 5.74) is 0.593. The largest absolute Gasteiger partial charge is 0.437 e. The molecular weight excluding hydrogens is 297 g/mol. The molecule has 0 atom stereocenters. The van der Waals surface area contributed by atoms with Gasteiger partial charge in [-0.15, -0.1) is 0 Å². The van der Waals surface area contributed by atoms with Gasteiger partial charge in [0.2, 0.25) is 10.0 Å². The van der Waals surface area contributed by atoms with Gasteiger partial charge in [0.05, 0.1) is 13.4 Å². The highest BCUT2D eigenvalue weighted by Gasteiger charge is 1.99. The molecule has 0 radical (unpaired) electrons. The van der Waals surface area contributed by atoms with E-state index in [0.717, 1.165) is 13.4 Å². The maximum atomic E-state index is 10.9. The third kappa shape index (κ3) is 16.8. The summed E-state index contributed by atoms with van der Waals surface area (Å²) in [7, 11) is -7.04. The minimum absolute atomic E-state index is 0.593. The standard InChI is InChI=1S/C7H9NO2S.C2H6.CH3FO3S/c1-11(9,10)8-7-5-3-2-4-6-7;1-2;1-5-6(2,3)4/h2-6,8H,1H3;1-2H3;1H3. The molecule has 0 saturated carbocycles. The van der Waals surface area contributed by atoms with E-state index in [1.54, 1.807) is 24.3 Å². The van der Waals surface area contributed by atoms with Crippen LogP contribution >= 0.6 is 0 Å². The second-order valence-electron chi connectivity index (χ2n) is 2.80. The Kier molecular flexibility index (Phi) is 10.3. The molecule has 0 unspecified atom stereocenters. The molecule has 0 aliphatic rings. The number of rotatable bonds is 3. The molecular formula is C10H18FNO5S2. The Hall–Kier alpha value is -1.19. The van der Waals surface area contributed by atoms with E-state index in [4.69, 9.17) is 8.42 Å². The first-order chi connectivity index (χ1) is 8.64. The number of halogens is 1. The number of anilines is 1. The summed E-state index contributed by atoms with van der Waals surface area (Å²) in [6, 6.07) is 8.76. The topological polar surface area (TPSA) is 89.5 Å². The molecule has 0 fully saturated rings. The van der Waals surface area contributed by atoms with Crippen molar-refractivity contribution in [1.82, 2.24) is 0 Å². The van der Waals surface area contributed by atoms with Crippen molar-refractivity contribution in [3.05, 3.63) is 30.3 Å². The molecule has 1 N–H and O–H groups in total. The Morgan fingerprint density at radius 3 is 1.68 bits per heavy atom. The van der Waals surface area contributed by atoms with Gasteiger partial charge in [-0.2, -0.15) is 8.42 Å². The lowest BCUT2D eigenvalue weighted by Crippen LogP contribution is -2.08. The van der Waals surface area contributed by atoms with E-state index in [-0.39, 0.29) is 0 Å². The fraction of sp³-hybridized carbons (Fsp3) is 0.400. The predicted molar refractivity (Wildman–Crippen MR) is 73.3 cm³/mol.